The second-order valence-electron chi connectivity index (χ2n) is 4.56. The van der Waals surface area contributed by atoms with Crippen LogP contribution in [0.1, 0.15) is 41.0 Å². The topological polar surface area (TPSA) is 84.5 Å². The van der Waals surface area contributed by atoms with Crippen LogP contribution < -0.4 is 10.6 Å². The van der Waals surface area contributed by atoms with E-state index in [1.54, 1.807) is 6.92 Å². The first-order valence-corrected chi connectivity index (χ1v) is 6.76. The van der Waals surface area contributed by atoms with Crippen LogP contribution in [0, 0.1) is 0 Å². The van der Waals surface area contributed by atoms with E-state index < -0.39 is 12.0 Å². The molecule has 1 atom stereocenters. The third-order valence-electron chi connectivity index (χ3n) is 2.86. The number of benzene rings is 1. The van der Waals surface area contributed by atoms with Crippen LogP contribution in [0.4, 0.5) is 0 Å². The van der Waals surface area contributed by atoms with Crippen molar-refractivity contribution >= 4 is 17.8 Å². The average Bonchev–Trinajstić information content (AvgIpc) is 2.51. The summed E-state index contributed by atoms with van der Waals surface area (Å²) in [6, 6.07) is 5.41. The fourth-order valence-corrected chi connectivity index (χ4v) is 1.62. The first-order valence-electron chi connectivity index (χ1n) is 6.76. The van der Waals surface area contributed by atoms with E-state index in [1.165, 1.54) is 31.4 Å². The molecule has 0 fully saturated rings. The number of amides is 2. The predicted octanol–water partition coefficient (Wildman–Crippen LogP) is 1.12. The highest BCUT2D eigenvalue weighted by molar-refractivity contribution is 5.98. The van der Waals surface area contributed by atoms with Gasteiger partial charge >= 0.3 is 5.97 Å². The third-order valence-corrected chi connectivity index (χ3v) is 2.86. The summed E-state index contributed by atoms with van der Waals surface area (Å²) in [6.07, 6.45) is 0.835. The number of hydrogen-bond acceptors (Lipinski definition) is 4. The van der Waals surface area contributed by atoms with Gasteiger partial charge in [-0.15, -0.1) is 0 Å². The van der Waals surface area contributed by atoms with Gasteiger partial charge in [-0.2, -0.15) is 0 Å². The van der Waals surface area contributed by atoms with Crippen molar-refractivity contribution in [1.29, 1.82) is 0 Å². The molecule has 1 rings (SSSR count). The van der Waals surface area contributed by atoms with Gasteiger partial charge in [-0.3, -0.25) is 9.59 Å². The summed E-state index contributed by atoms with van der Waals surface area (Å²) in [4.78, 5) is 34.9. The molecule has 6 nitrogen and oxygen atoms in total. The Hall–Kier alpha value is -2.37. The third kappa shape index (κ3) is 4.91. The number of esters is 1. The van der Waals surface area contributed by atoms with E-state index in [4.69, 9.17) is 0 Å². The number of carbonyl (C=O) groups excluding carboxylic acids is 3. The second kappa shape index (κ2) is 8.04. The fraction of sp³-hybridized carbons (Fsp3) is 0.400. The highest BCUT2D eigenvalue weighted by Gasteiger charge is 2.16. The summed E-state index contributed by atoms with van der Waals surface area (Å²) in [7, 11) is 1.29. The van der Waals surface area contributed by atoms with E-state index in [0.29, 0.717) is 17.7 Å². The Morgan fingerprint density at radius 3 is 2.24 bits per heavy atom. The Labute approximate surface area is 123 Å². The van der Waals surface area contributed by atoms with Crippen molar-refractivity contribution in [1.82, 2.24) is 10.6 Å². The highest BCUT2D eigenvalue weighted by Crippen LogP contribution is 2.06. The molecule has 0 saturated heterocycles. The van der Waals surface area contributed by atoms with Gasteiger partial charge < -0.3 is 15.4 Å². The van der Waals surface area contributed by atoms with Gasteiger partial charge in [0, 0.05) is 12.1 Å². The normalized spacial score (nSPS) is 11.4. The monoisotopic (exact) mass is 292 g/mol. The molecule has 0 unspecified atom stereocenters. The Bertz CT molecular complexity index is 511. The van der Waals surface area contributed by atoms with Gasteiger partial charge in [-0.1, -0.05) is 6.92 Å². The summed E-state index contributed by atoms with van der Waals surface area (Å²) in [5.74, 6) is -1.06. The molecule has 0 saturated carbocycles. The highest BCUT2D eigenvalue weighted by atomic mass is 16.5. The summed E-state index contributed by atoms with van der Waals surface area (Å²) in [5, 5.41) is 5.31. The minimum absolute atomic E-state index is 0.226. The first kappa shape index (κ1) is 16.7. The number of ether oxygens (including phenoxy) is 1. The molecular weight excluding hydrogens is 272 g/mol. The molecule has 0 aromatic heterocycles. The Morgan fingerprint density at radius 2 is 1.71 bits per heavy atom. The first-order chi connectivity index (χ1) is 9.99. The molecule has 0 aliphatic rings. The van der Waals surface area contributed by atoms with Gasteiger partial charge in [0.05, 0.1) is 12.7 Å². The van der Waals surface area contributed by atoms with Gasteiger partial charge in [-0.25, -0.2) is 4.79 Å². The van der Waals surface area contributed by atoms with Crippen molar-refractivity contribution in [3.63, 3.8) is 0 Å². The van der Waals surface area contributed by atoms with Crippen LogP contribution in [0.3, 0.4) is 0 Å². The van der Waals surface area contributed by atoms with Crippen LogP contribution in [0.2, 0.25) is 0 Å². The van der Waals surface area contributed by atoms with Gasteiger partial charge in [-0.05, 0) is 37.6 Å². The number of methoxy groups -OCH3 is 1. The summed E-state index contributed by atoms with van der Waals surface area (Å²) in [5.41, 5.74) is 0.737. The Balaban J connectivity index is 2.63. The van der Waals surface area contributed by atoms with E-state index >= 15 is 0 Å². The Morgan fingerprint density at radius 1 is 1.14 bits per heavy atom. The largest absolute Gasteiger partial charge is 0.465 e. The lowest BCUT2D eigenvalue weighted by molar-refractivity contribution is -0.122. The average molecular weight is 292 g/mol. The summed E-state index contributed by atoms with van der Waals surface area (Å²) < 4.78 is 4.58. The van der Waals surface area contributed by atoms with E-state index in [0.717, 1.165) is 6.42 Å². The molecule has 2 N–H and O–H groups in total. The van der Waals surface area contributed by atoms with Crippen molar-refractivity contribution in [2.75, 3.05) is 13.7 Å². The van der Waals surface area contributed by atoms with Crippen LogP contribution in [0.15, 0.2) is 24.3 Å². The molecule has 2 amide bonds. The van der Waals surface area contributed by atoms with E-state index in [2.05, 4.69) is 15.4 Å². The van der Waals surface area contributed by atoms with E-state index in [9.17, 15) is 14.4 Å². The molecule has 0 bridgehead atoms. The molecule has 0 radical (unpaired) electrons. The maximum absolute atomic E-state index is 12.0. The molecule has 6 heteroatoms. The van der Waals surface area contributed by atoms with Crippen molar-refractivity contribution < 1.29 is 19.1 Å². The van der Waals surface area contributed by atoms with Crippen molar-refractivity contribution in [3.8, 4) is 0 Å². The molecule has 21 heavy (non-hydrogen) atoms. The van der Waals surface area contributed by atoms with Gasteiger partial charge in [0.2, 0.25) is 5.91 Å². The van der Waals surface area contributed by atoms with E-state index in [-0.39, 0.29) is 11.8 Å². The number of hydrogen-bond donors (Lipinski definition) is 2. The molecule has 0 spiro atoms. The van der Waals surface area contributed by atoms with Gasteiger partial charge in [0.15, 0.2) is 0 Å². The molecule has 0 aliphatic heterocycles. The molecule has 1 aromatic carbocycles. The lowest BCUT2D eigenvalue weighted by Crippen LogP contribution is -2.45. The molecule has 114 valence electrons. The number of carbonyl (C=O) groups is 3. The SMILES string of the molecule is CCCNC(=O)[C@@H](C)NC(=O)c1ccc(C(=O)OC)cc1. The van der Waals surface area contributed by atoms with Crippen LogP contribution in [0.5, 0.6) is 0 Å². The van der Waals surface area contributed by atoms with Crippen LogP contribution in [0.25, 0.3) is 0 Å². The molecule has 0 aliphatic carbocycles. The molecule has 1 aromatic rings. The number of rotatable bonds is 6. The summed E-state index contributed by atoms with van der Waals surface area (Å²) >= 11 is 0. The summed E-state index contributed by atoms with van der Waals surface area (Å²) in [6.45, 7) is 4.14. The van der Waals surface area contributed by atoms with Crippen LogP contribution >= 0.6 is 0 Å². The Kier molecular flexibility index (Phi) is 6.39. The van der Waals surface area contributed by atoms with E-state index in [1.807, 2.05) is 6.92 Å². The van der Waals surface area contributed by atoms with Crippen molar-refractivity contribution in [2.24, 2.45) is 0 Å². The lowest BCUT2D eigenvalue weighted by Gasteiger charge is -2.13. The predicted molar refractivity (Wildman–Crippen MR) is 78.0 cm³/mol. The minimum Gasteiger partial charge on any atom is -0.465 e. The maximum atomic E-state index is 12.0. The smallest absolute Gasteiger partial charge is 0.337 e. The van der Waals surface area contributed by atoms with Crippen molar-refractivity contribution in [2.45, 2.75) is 26.3 Å². The van der Waals surface area contributed by atoms with Crippen molar-refractivity contribution in [3.05, 3.63) is 35.4 Å². The maximum Gasteiger partial charge on any atom is 0.337 e. The standard InChI is InChI=1S/C15H20N2O4/c1-4-9-16-13(18)10(2)17-14(19)11-5-7-12(8-6-11)15(20)21-3/h5-8,10H,4,9H2,1-3H3,(H,16,18)(H,17,19)/t10-/m1/s1. The zero-order valence-electron chi connectivity index (χ0n) is 12.4. The van der Waals surface area contributed by atoms with Crippen LogP contribution in [-0.2, 0) is 9.53 Å². The number of nitrogens with one attached hydrogen (secondary N) is 2. The van der Waals surface area contributed by atoms with Crippen LogP contribution in [-0.4, -0.2) is 37.5 Å². The zero-order valence-corrected chi connectivity index (χ0v) is 12.4. The molecule has 0 heterocycles. The second-order valence-corrected chi connectivity index (χ2v) is 4.56. The zero-order chi connectivity index (χ0) is 15.8. The van der Waals surface area contributed by atoms with Gasteiger partial charge in [0.25, 0.3) is 5.91 Å². The molecular formula is C15H20N2O4. The quantitative estimate of drug-likeness (QED) is 0.769. The minimum atomic E-state index is -0.621. The van der Waals surface area contributed by atoms with Gasteiger partial charge in [0.1, 0.15) is 6.04 Å². The lowest BCUT2D eigenvalue weighted by atomic mass is 10.1. The fourth-order valence-electron chi connectivity index (χ4n) is 1.62.